The van der Waals surface area contributed by atoms with Crippen LogP contribution in [0.3, 0.4) is 0 Å². The molecule has 1 unspecified atom stereocenters. The highest BCUT2D eigenvalue weighted by Crippen LogP contribution is 2.23. The Bertz CT molecular complexity index is 169. The molecule has 0 bridgehead atoms. The normalized spacial score (nSPS) is 13.9. The van der Waals surface area contributed by atoms with Crippen LogP contribution in [0, 0.1) is 0 Å². The van der Waals surface area contributed by atoms with Crippen molar-refractivity contribution < 1.29 is 13.2 Å². The van der Waals surface area contributed by atoms with Gasteiger partial charge in [-0.15, -0.1) is 0 Å². The van der Waals surface area contributed by atoms with Crippen LogP contribution in [0.4, 0.5) is 13.2 Å². The van der Waals surface area contributed by atoms with Crippen molar-refractivity contribution in [1.29, 1.82) is 0 Å². The summed E-state index contributed by atoms with van der Waals surface area (Å²) in [4.78, 5) is 0. The highest BCUT2D eigenvalue weighted by Gasteiger charge is 2.27. The van der Waals surface area contributed by atoms with E-state index in [-0.39, 0.29) is 12.5 Å². The summed E-state index contributed by atoms with van der Waals surface area (Å²) < 4.78 is 36.2. The standard InChI is InChI=1S/C13H26F3N/c1-3-4-5-6-7-8-9-12(17-2)10-11-13(14,15)16/h12,17H,3-11H2,1-2H3. The molecule has 0 rings (SSSR count). The Kier molecular flexibility index (Phi) is 9.60. The minimum absolute atomic E-state index is 0.0165. The van der Waals surface area contributed by atoms with Crippen LogP contribution >= 0.6 is 0 Å². The van der Waals surface area contributed by atoms with Gasteiger partial charge in [-0.05, 0) is 19.9 Å². The number of nitrogens with one attached hydrogen (secondary N) is 1. The number of hydrogen-bond donors (Lipinski definition) is 1. The van der Waals surface area contributed by atoms with Gasteiger partial charge in [-0.1, -0.05) is 45.4 Å². The lowest BCUT2D eigenvalue weighted by Gasteiger charge is -2.17. The van der Waals surface area contributed by atoms with Crippen LogP contribution in [0.25, 0.3) is 0 Å². The van der Waals surface area contributed by atoms with Crippen molar-refractivity contribution in [3.8, 4) is 0 Å². The van der Waals surface area contributed by atoms with E-state index in [2.05, 4.69) is 12.2 Å². The molecule has 0 saturated heterocycles. The summed E-state index contributed by atoms with van der Waals surface area (Å²) in [6.07, 6.45) is 3.51. The van der Waals surface area contributed by atoms with E-state index >= 15 is 0 Å². The minimum Gasteiger partial charge on any atom is -0.317 e. The first-order chi connectivity index (χ1) is 7.99. The molecular formula is C13H26F3N. The van der Waals surface area contributed by atoms with Crippen LogP contribution in [0.1, 0.15) is 64.7 Å². The highest BCUT2D eigenvalue weighted by molar-refractivity contribution is 4.67. The Balaban J connectivity index is 3.48. The molecule has 0 radical (unpaired) electrons. The Morgan fingerprint density at radius 2 is 1.53 bits per heavy atom. The summed E-state index contributed by atoms with van der Waals surface area (Å²) >= 11 is 0. The van der Waals surface area contributed by atoms with E-state index in [9.17, 15) is 13.2 Å². The van der Waals surface area contributed by atoms with Crippen LogP contribution in [-0.4, -0.2) is 19.3 Å². The summed E-state index contributed by atoms with van der Waals surface area (Å²) in [7, 11) is 1.75. The lowest BCUT2D eigenvalue weighted by atomic mass is 10.0. The maximum atomic E-state index is 12.1. The highest BCUT2D eigenvalue weighted by atomic mass is 19.4. The van der Waals surface area contributed by atoms with Crippen molar-refractivity contribution in [1.82, 2.24) is 5.32 Å². The first-order valence-corrected chi connectivity index (χ1v) is 6.73. The van der Waals surface area contributed by atoms with E-state index in [1.54, 1.807) is 7.05 Å². The third-order valence-electron chi connectivity index (χ3n) is 3.09. The summed E-state index contributed by atoms with van der Waals surface area (Å²) in [5.41, 5.74) is 0. The van der Waals surface area contributed by atoms with E-state index in [0.717, 1.165) is 19.3 Å². The molecule has 0 aliphatic rings. The molecule has 1 nitrogen and oxygen atoms in total. The molecule has 0 amide bonds. The van der Waals surface area contributed by atoms with Gasteiger partial charge in [-0.2, -0.15) is 13.2 Å². The van der Waals surface area contributed by atoms with Gasteiger partial charge in [0.1, 0.15) is 0 Å². The zero-order valence-electron chi connectivity index (χ0n) is 11.1. The summed E-state index contributed by atoms with van der Waals surface area (Å²) in [6.45, 7) is 2.17. The molecule has 0 aromatic heterocycles. The molecule has 17 heavy (non-hydrogen) atoms. The van der Waals surface area contributed by atoms with E-state index in [1.807, 2.05) is 0 Å². The lowest BCUT2D eigenvalue weighted by Crippen LogP contribution is -2.27. The van der Waals surface area contributed by atoms with Crippen molar-refractivity contribution in [3.05, 3.63) is 0 Å². The van der Waals surface area contributed by atoms with Gasteiger partial charge in [0.15, 0.2) is 0 Å². The third kappa shape index (κ3) is 12.0. The summed E-state index contributed by atoms with van der Waals surface area (Å²) in [5, 5.41) is 2.98. The van der Waals surface area contributed by atoms with Gasteiger partial charge in [-0.3, -0.25) is 0 Å². The quantitative estimate of drug-likeness (QED) is 0.558. The first kappa shape index (κ1) is 16.8. The van der Waals surface area contributed by atoms with Gasteiger partial charge in [0, 0.05) is 12.5 Å². The average Bonchev–Trinajstić information content (AvgIpc) is 2.26. The van der Waals surface area contributed by atoms with Gasteiger partial charge in [-0.25, -0.2) is 0 Å². The molecule has 0 aliphatic heterocycles. The van der Waals surface area contributed by atoms with Gasteiger partial charge >= 0.3 is 6.18 Å². The number of unbranched alkanes of at least 4 members (excludes halogenated alkanes) is 5. The van der Waals surface area contributed by atoms with Crippen LogP contribution < -0.4 is 5.32 Å². The fraction of sp³-hybridized carbons (Fsp3) is 1.00. The number of hydrogen-bond acceptors (Lipinski definition) is 1. The third-order valence-corrected chi connectivity index (χ3v) is 3.09. The van der Waals surface area contributed by atoms with Gasteiger partial charge < -0.3 is 5.32 Å². The van der Waals surface area contributed by atoms with Crippen LogP contribution in [0.2, 0.25) is 0 Å². The lowest BCUT2D eigenvalue weighted by molar-refractivity contribution is -0.136. The van der Waals surface area contributed by atoms with E-state index in [4.69, 9.17) is 0 Å². The fourth-order valence-electron chi connectivity index (χ4n) is 1.94. The van der Waals surface area contributed by atoms with Crippen molar-refractivity contribution in [2.75, 3.05) is 7.05 Å². The smallest absolute Gasteiger partial charge is 0.317 e. The molecule has 0 heterocycles. The predicted octanol–water partition coefficient (Wildman–Crippen LogP) is 4.67. The van der Waals surface area contributed by atoms with Gasteiger partial charge in [0.25, 0.3) is 0 Å². The van der Waals surface area contributed by atoms with Crippen molar-refractivity contribution in [3.63, 3.8) is 0 Å². The Morgan fingerprint density at radius 1 is 0.941 bits per heavy atom. The second-order valence-electron chi connectivity index (χ2n) is 4.70. The van der Waals surface area contributed by atoms with Gasteiger partial charge in [0.05, 0.1) is 0 Å². The fourth-order valence-corrected chi connectivity index (χ4v) is 1.94. The Morgan fingerprint density at radius 3 is 2.06 bits per heavy atom. The first-order valence-electron chi connectivity index (χ1n) is 6.73. The SMILES string of the molecule is CCCCCCCCC(CCC(F)(F)F)NC. The van der Waals surface area contributed by atoms with Crippen molar-refractivity contribution in [2.24, 2.45) is 0 Å². The van der Waals surface area contributed by atoms with Gasteiger partial charge in [0.2, 0.25) is 0 Å². The van der Waals surface area contributed by atoms with Crippen molar-refractivity contribution >= 4 is 0 Å². The predicted molar refractivity (Wildman–Crippen MR) is 66.1 cm³/mol. The Hall–Kier alpha value is -0.250. The molecule has 0 spiro atoms. The largest absolute Gasteiger partial charge is 0.389 e. The number of rotatable bonds is 10. The van der Waals surface area contributed by atoms with Crippen molar-refractivity contribution in [2.45, 2.75) is 76.9 Å². The maximum absolute atomic E-state index is 12.1. The molecule has 0 saturated carbocycles. The summed E-state index contributed by atoms with van der Waals surface area (Å²) in [6, 6.07) is 0.0165. The minimum atomic E-state index is -4.02. The zero-order chi connectivity index (χ0) is 13.1. The second-order valence-corrected chi connectivity index (χ2v) is 4.70. The number of halogens is 3. The molecule has 104 valence electrons. The molecule has 0 aromatic carbocycles. The molecule has 0 fully saturated rings. The molecular weight excluding hydrogens is 227 g/mol. The maximum Gasteiger partial charge on any atom is 0.389 e. The topological polar surface area (TPSA) is 12.0 Å². The molecule has 1 N–H and O–H groups in total. The molecule has 1 atom stereocenters. The monoisotopic (exact) mass is 253 g/mol. The van der Waals surface area contributed by atoms with E-state index in [1.165, 1.54) is 25.7 Å². The molecule has 4 heteroatoms. The zero-order valence-corrected chi connectivity index (χ0v) is 11.1. The molecule has 0 aliphatic carbocycles. The van der Waals surface area contributed by atoms with Crippen LogP contribution in [0.15, 0.2) is 0 Å². The Labute approximate surface area is 103 Å². The number of alkyl halides is 3. The average molecular weight is 253 g/mol. The van der Waals surface area contributed by atoms with E-state index < -0.39 is 12.6 Å². The van der Waals surface area contributed by atoms with E-state index in [0.29, 0.717) is 0 Å². The molecule has 0 aromatic rings. The summed E-state index contributed by atoms with van der Waals surface area (Å²) in [5.74, 6) is 0. The van der Waals surface area contributed by atoms with Crippen LogP contribution in [-0.2, 0) is 0 Å². The van der Waals surface area contributed by atoms with Crippen LogP contribution in [0.5, 0.6) is 0 Å². The second kappa shape index (κ2) is 9.75.